The number of amides is 3. The van der Waals surface area contributed by atoms with Crippen molar-refractivity contribution in [2.45, 2.75) is 19.4 Å². The molecule has 1 aliphatic heterocycles. The number of urea groups is 1. The fourth-order valence-electron chi connectivity index (χ4n) is 2.80. The van der Waals surface area contributed by atoms with Gasteiger partial charge in [-0.15, -0.1) is 0 Å². The van der Waals surface area contributed by atoms with Crippen LogP contribution in [0, 0.1) is 12.7 Å². The molecule has 0 aliphatic carbocycles. The van der Waals surface area contributed by atoms with E-state index in [9.17, 15) is 14.0 Å². The number of carbonyl (C=O) groups excluding carboxylic acids is 2. The van der Waals surface area contributed by atoms with E-state index in [1.54, 1.807) is 50.2 Å². The van der Waals surface area contributed by atoms with Gasteiger partial charge in [-0.05, 0) is 61.5 Å². The topological polar surface area (TPSA) is 82.7 Å². The Bertz CT molecular complexity index is 968. The molecule has 0 saturated carbocycles. The lowest BCUT2D eigenvalue weighted by atomic mass is 9.92. The Hall–Kier alpha value is -3.20. The van der Waals surface area contributed by atoms with Crippen LogP contribution in [0.3, 0.4) is 0 Å². The Morgan fingerprint density at radius 1 is 1.25 bits per heavy atom. The predicted molar refractivity (Wildman–Crippen MR) is 106 cm³/mol. The monoisotopic (exact) mass is 402 g/mol. The quantitative estimate of drug-likeness (QED) is 0.539. The summed E-state index contributed by atoms with van der Waals surface area (Å²) >= 11 is 5.15. The van der Waals surface area contributed by atoms with Gasteiger partial charge >= 0.3 is 6.03 Å². The number of methoxy groups -OCH3 is 1. The van der Waals surface area contributed by atoms with Crippen LogP contribution < -0.4 is 20.8 Å². The number of anilines is 1. The predicted octanol–water partition coefficient (Wildman–Crippen LogP) is 2.81. The first kappa shape index (κ1) is 19.6. The number of benzene rings is 2. The fraction of sp³-hybridized carbons (Fsp3) is 0.211. The molecule has 3 amide bonds. The number of hydrogen-bond donors (Lipinski definition) is 3. The van der Waals surface area contributed by atoms with Crippen LogP contribution in [0.15, 0.2) is 42.5 Å². The van der Waals surface area contributed by atoms with Crippen molar-refractivity contribution in [2.75, 3.05) is 12.4 Å². The molecular formula is C19H19FN4O3S. The Kier molecular flexibility index (Phi) is 5.19. The highest BCUT2D eigenvalue weighted by Crippen LogP contribution is 2.30. The summed E-state index contributed by atoms with van der Waals surface area (Å²) in [5.74, 6) is -0.371. The Morgan fingerprint density at radius 3 is 2.68 bits per heavy atom. The summed E-state index contributed by atoms with van der Waals surface area (Å²) in [6.07, 6.45) is 0. The Morgan fingerprint density at radius 2 is 2.00 bits per heavy atom. The molecule has 2 aromatic rings. The van der Waals surface area contributed by atoms with Gasteiger partial charge in [-0.3, -0.25) is 10.2 Å². The average Bonchev–Trinajstić information content (AvgIpc) is 2.89. The SMILES string of the molecule is COc1cccc([C@]2(C)NC(=O)N(NC(=S)Nc3ccc(C)c(F)c3)C2=O)c1. The zero-order chi connectivity index (χ0) is 20.5. The number of aryl methyl sites for hydroxylation is 1. The molecule has 0 unspecified atom stereocenters. The number of thiocarbonyl (C=S) groups is 1. The summed E-state index contributed by atoms with van der Waals surface area (Å²) in [5, 5.41) is 6.17. The number of halogens is 1. The van der Waals surface area contributed by atoms with Gasteiger partial charge in [-0.1, -0.05) is 18.2 Å². The van der Waals surface area contributed by atoms with Gasteiger partial charge in [0.05, 0.1) is 7.11 Å². The molecule has 2 aromatic carbocycles. The van der Waals surface area contributed by atoms with Crippen LogP contribution in [0.2, 0.25) is 0 Å². The smallest absolute Gasteiger partial charge is 0.344 e. The molecule has 9 heteroatoms. The molecule has 0 spiro atoms. The van der Waals surface area contributed by atoms with Crippen LogP contribution in [0.1, 0.15) is 18.1 Å². The maximum absolute atomic E-state index is 13.7. The van der Waals surface area contributed by atoms with Crippen molar-refractivity contribution in [2.24, 2.45) is 0 Å². The van der Waals surface area contributed by atoms with E-state index >= 15 is 0 Å². The van der Waals surface area contributed by atoms with E-state index in [2.05, 4.69) is 16.1 Å². The zero-order valence-electron chi connectivity index (χ0n) is 15.5. The third kappa shape index (κ3) is 3.61. The lowest BCUT2D eigenvalue weighted by Gasteiger charge is -2.23. The van der Waals surface area contributed by atoms with Crippen molar-refractivity contribution in [3.05, 3.63) is 59.4 Å². The number of rotatable bonds is 4. The van der Waals surface area contributed by atoms with Gasteiger partial charge in [0.25, 0.3) is 5.91 Å². The summed E-state index contributed by atoms with van der Waals surface area (Å²) < 4.78 is 18.8. The third-order valence-electron chi connectivity index (χ3n) is 4.48. The minimum Gasteiger partial charge on any atom is -0.497 e. The maximum Gasteiger partial charge on any atom is 0.344 e. The van der Waals surface area contributed by atoms with Crippen molar-refractivity contribution in [1.29, 1.82) is 0 Å². The minimum atomic E-state index is -1.29. The molecule has 0 aromatic heterocycles. The number of imide groups is 1. The van der Waals surface area contributed by atoms with Gasteiger partial charge in [-0.2, -0.15) is 5.01 Å². The van der Waals surface area contributed by atoms with Crippen LogP contribution in [0.5, 0.6) is 5.75 Å². The molecule has 1 fully saturated rings. The highest BCUT2D eigenvalue weighted by molar-refractivity contribution is 7.80. The van der Waals surface area contributed by atoms with E-state index in [-0.39, 0.29) is 5.11 Å². The largest absolute Gasteiger partial charge is 0.497 e. The minimum absolute atomic E-state index is 0.0263. The number of hydrazine groups is 1. The van der Waals surface area contributed by atoms with Gasteiger partial charge in [0.15, 0.2) is 5.11 Å². The number of nitrogens with one attached hydrogen (secondary N) is 3. The average molecular weight is 402 g/mol. The standard InChI is InChI=1S/C19H19FN4O3S/c1-11-7-8-13(10-15(11)20)21-17(28)23-24-16(25)19(2,22-18(24)26)12-5-4-6-14(9-12)27-3/h4-10H,1-3H3,(H,22,26)(H2,21,23,28)/t19-/m0/s1. The molecule has 3 N–H and O–H groups in total. The van der Waals surface area contributed by atoms with Gasteiger partial charge in [0, 0.05) is 5.69 Å². The van der Waals surface area contributed by atoms with Gasteiger partial charge < -0.3 is 15.4 Å². The number of hydrogen-bond acceptors (Lipinski definition) is 4. The van der Waals surface area contributed by atoms with Gasteiger partial charge in [0.1, 0.15) is 17.1 Å². The fourth-order valence-corrected chi connectivity index (χ4v) is 3.01. The molecule has 146 valence electrons. The number of nitrogens with zero attached hydrogens (tertiary/aromatic N) is 1. The lowest BCUT2D eigenvalue weighted by Crippen LogP contribution is -2.49. The Labute approximate surface area is 166 Å². The maximum atomic E-state index is 13.7. The van der Waals surface area contributed by atoms with Crippen LogP contribution in [-0.2, 0) is 10.3 Å². The zero-order valence-corrected chi connectivity index (χ0v) is 16.3. The lowest BCUT2D eigenvalue weighted by molar-refractivity contribution is -0.132. The normalized spacial score (nSPS) is 18.6. The third-order valence-corrected chi connectivity index (χ3v) is 4.67. The second kappa shape index (κ2) is 7.43. The summed E-state index contributed by atoms with van der Waals surface area (Å²) in [6.45, 7) is 3.23. The van der Waals surface area contributed by atoms with Gasteiger partial charge in [0.2, 0.25) is 0 Å². The van der Waals surface area contributed by atoms with Crippen molar-refractivity contribution in [3.63, 3.8) is 0 Å². The van der Waals surface area contributed by atoms with E-state index in [1.165, 1.54) is 13.2 Å². The van der Waals surface area contributed by atoms with Crippen LogP contribution in [0.25, 0.3) is 0 Å². The molecule has 0 bridgehead atoms. The molecule has 28 heavy (non-hydrogen) atoms. The number of ether oxygens (including phenoxy) is 1. The Balaban J connectivity index is 1.75. The molecule has 1 saturated heterocycles. The molecule has 3 rings (SSSR count). The second-order valence-electron chi connectivity index (χ2n) is 6.46. The highest BCUT2D eigenvalue weighted by Gasteiger charge is 2.50. The van der Waals surface area contributed by atoms with E-state index < -0.39 is 23.3 Å². The number of carbonyl (C=O) groups is 2. The van der Waals surface area contributed by atoms with Gasteiger partial charge in [-0.25, -0.2) is 9.18 Å². The summed E-state index contributed by atoms with van der Waals surface area (Å²) in [6, 6.07) is 10.7. The highest BCUT2D eigenvalue weighted by atomic mass is 32.1. The molecular weight excluding hydrogens is 383 g/mol. The summed E-state index contributed by atoms with van der Waals surface area (Å²) in [5.41, 5.74) is 2.71. The first-order valence-electron chi connectivity index (χ1n) is 8.39. The van der Waals surface area contributed by atoms with E-state index in [0.29, 0.717) is 22.6 Å². The molecule has 7 nitrogen and oxygen atoms in total. The van der Waals surface area contributed by atoms with E-state index in [4.69, 9.17) is 17.0 Å². The first-order chi connectivity index (χ1) is 13.2. The molecule has 0 radical (unpaired) electrons. The van der Waals surface area contributed by atoms with Crippen LogP contribution in [0.4, 0.5) is 14.9 Å². The van der Waals surface area contributed by atoms with Crippen LogP contribution >= 0.6 is 12.2 Å². The molecule has 1 aliphatic rings. The summed E-state index contributed by atoms with van der Waals surface area (Å²) in [7, 11) is 1.52. The van der Waals surface area contributed by atoms with Crippen molar-refractivity contribution >= 4 is 35.0 Å². The summed E-state index contributed by atoms with van der Waals surface area (Å²) in [4.78, 5) is 25.3. The van der Waals surface area contributed by atoms with E-state index in [0.717, 1.165) is 5.01 Å². The van der Waals surface area contributed by atoms with Crippen molar-refractivity contribution in [3.8, 4) is 5.75 Å². The van der Waals surface area contributed by atoms with Crippen molar-refractivity contribution in [1.82, 2.24) is 15.8 Å². The molecule has 1 atom stereocenters. The first-order valence-corrected chi connectivity index (χ1v) is 8.80. The second-order valence-corrected chi connectivity index (χ2v) is 6.87. The van der Waals surface area contributed by atoms with E-state index in [1.807, 2.05) is 0 Å². The van der Waals surface area contributed by atoms with Crippen LogP contribution in [-0.4, -0.2) is 29.2 Å². The molecule has 1 heterocycles. The van der Waals surface area contributed by atoms with Crippen molar-refractivity contribution < 1.29 is 18.7 Å².